The number of sulfone groups is 1. The van der Waals surface area contributed by atoms with Crippen LogP contribution >= 0.6 is 11.9 Å². The summed E-state index contributed by atoms with van der Waals surface area (Å²) in [6.45, 7) is 9.74. The van der Waals surface area contributed by atoms with Crippen LogP contribution in [0.15, 0.2) is 76.9 Å². The molecule has 1 saturated heterocycles. The second-order valence-electron chi connectivity index (χ2n) is 24.2. The van der Waals surface area contributed by atoms with E-state index in [1.807, 2.05) is 30.5 Å². The van der Waals surface area contributed by atoms with E-state index >= 15 is 0 Å². The van der Waals surface area contributed by atoms with E-state index in [-0.39, 0.29) is 86.5 Å². The lowest BCUT2D eigenvalue weighted by Gasteiger charge is -2.40. The molecule has 6 heterocycles. The normalized spacial score (nSPS) is 17.5. The number of rotatable bonds is 32. The fourth-order valence-electron chi connectivity index (χ4n) is 11.6. The second kappa shape index (κ2) is 33.7. The molecule has 0 unspecified atom stereocenters. The first-order valence-electron chi connectivity index (χ1n) is 31.8. The van der Waals surface area contributed by atoms with Crippen LogP contribution in [0, 0.1) is 17.8 Å². The van der Waals surface area contributed by atoms with E-state index in [4.69, 9.17) is 34.4 Å². The lowest BCUT2D eigenvalue weighted by Crippen LogP contribution is -2.52. The lowest BCUT2D eigenvalue weighted by molar-refractivity contribution is -0.915. The second-order valence-corrected chi connectivity index (χ2v) is 27.0. The number of amides is 6. The topological polar surface area (TPSA) is 350 Å². The highest BCUT2D eigenvalue weighted by Gasteiger charge is 2.51. The molecule has 0 radical (unpaired) electrons. The zero-order valence-corrected chi connectivity index (χ0v) is 56.2. The van der Waals surface area contributed by atoms with E-state index in [2.05, 4.69) is 73.6 Å². The van der Waals surface area contributed by atoms with Crippen LogP contribution in [0.1, 0.15) is 106 Å². The summed E-state index contributed by atoms with van der Waals surface area (Å²) in [6.07, 6.45) is 8.94. The van der Waals surface area contributed by atoms with Crippen LogP contribution in [0.3, 0.4) is 0 Å². The molecular weight excluding hydrogens is 1260 g/mol. The minimum absolute atomic E-state index is 0.0262. The van der Waals surface area contributed by atoms with E-state index in [9.17, 15) is 46.8 Å². The Kier molecular flexibility index (Phi) is 25.7. The Morgan fingerprint density at radius 1 is 0.926 bits per heavy atom. The van der Waals surface area contributed by atoms with Crippen LogP contribution in [0.4, 0.5) is 15.3 Å². The number of pyridine rings is 2. The molecule has 0 bridgehead atoms. The Hall–Kier alpha value is -8.53. The molecule has 2 atom stereocenters. The average Bonchev–Trinajstić information content (AvgIpc) is 1.64. The molecule has 5 aromatic rings. The maximum absolute atomic E-state index is 14.4. The zero-order valence-electron chi connectivity index (χ0n) is 54.5. The van der Waals surface area contributed by atoms with Crippen molar-refractivity contribution in [2.75, 3.05) is 97.1 Å². The lowest BCUT2D eigenvalue weighted by atomic mass is 9.85. The van der Waals surface area contributed by atoms with Gasteiger partial charge in [-0.15, -0.1) is 0 Å². The number of para-hydroxylation sites is 1. The van der Waals surface area contributed by atoms with Gasteiger partial charge in [0.2, 0.25) is 44.2 Å². The summed E-state index contributed by atoms with van der Waals surface area (Å²) in [5, 5.41) is 14.3. The van der Waals surface area contributed by atoms with E-state index in [1.54, 1.807) is 53.8 Å². The number of piperidine rings is 1. The molecule has 3 aromatic heterocycles. The predicted molar refractivity (Wildman–Crippen MR) is 353 cm³/mol. The van der Waals surface area contributed by atoms with Crippen LogP contribution in [-0.2, 0) is 89.3 Å². The van der Waals surface area contributed by atoms with Crippen molar-refractivity contribution in [3.63, 3.8) is 0 Å². The highest BCUT2D eigenvalue weighted by atomic mass is 32.2. The van der Waals surface area contributed by atoms with Gasteiger partial charge in [0, 0.05) is 98.8 Å². The number of esters is 1. The number of nitrogens with one attached hydrogen (secondary N) is 5. The molecule has 0 saturated carbocycles. The number of nitrogens with zero attached hydrogens (tertiary/aromatic N) is 6. The van der Waals surface area contributed by atoms with Crippen molar-refractivity contribution in [1.82, 2.24) is 45.1 Å². The summed E-state index contributed by atoms with van der Waals surface area (Å²) in [5.74, 6) is 3.61. The Morgan fingerprint density at radius 3 is 2.37 bits per heavy atom. The van der Waals surface area contributed by atoms with Crippen molar-refractivity contribution in [2.24, 2.45) is 11.7 Å². The fourth-order valence-corrected chi connectivity index (χ4v) is 12.8. The number of cyclic esters (lactones) is 1. The Morgan fingerprint density at radius 2 is 1.66 bits per heavy atom. The molecule has 8 rings (SSSR count). The molecule has 7 N–H and O–H groups in total. The monoisotopic (exact) mass is 1350 g/mol. The number of quaternary nitrogens is 1. The highest BCUT2D eigenvalue weighted by molar-refractivity contribution is 7.96. The van der Waals surface area contributed by atoms with Crippen molar-refractivity contribution >= 4 is 80.2 Å². The van der Waals surface area contributed by atoms with Gasteiger partial charge in [-0.2, -0.15) is 0 Å². The van der Waals surface area contributed by atoms with E-state index in [0.29, 0.717) is 79.0 Å². The first-order valence-corrected chi connectivity index (χ1v) is 34.8. The standard InChI is InChI=1S/C66H84N12O15S2/c1-7-66(52-34-55-59-50(38-76(55)61(83)51(52)40-91-62(66)84)48(23-28-77(94-5)43(2)3)49-15-11-12-16-53(49)75-59)93-65(86)92-39-45-19-21-47(22-20-45)73-60(82)54(17-13-26-69-63(67)85)74-58(81)42-90-41-57(80)68-27-32-89-33-31-78(4)29-24-44(25-30-78)35-70-56(79)18-10-8-9-14-46-36-71-64(72-37-46)95(6,87)88/h11-12,15-16,19-22,34,36-37,43-44,54H,7-8,10,13,17-18,23-33,35,38-42H2,1-6H3,(H6-,67,68,69,70,73,74,79,80,81,82,85)/p+1/t44?,54-,66-,78?/m0/s1. The molecule has 0 aliphatic carbocycles. The van der Waals surface area contributed by atoms with Crippen LogP contribution in [0.5, 0.6) is 0 Å². The van der Waals surface area contributed by atoms with Gasteiger partial charge in [-0.1, -0.05) is 61.0 Å². The maximum atomic E-state index is 14.4. The smallest absolute Gasteiger partial charge is 0.457 e. The van der Waals surface area contributed by atoms with Gasteiger partial charge in [0.25, 0.3) is 5.56 Å². The summed E-state index contributed by atoms with van der Waals surface area (Å²) in [5.41, 5.74) is 8.41. The van der Waals surface area contributed by atoms with Gasteiger partial charge in [0.05, 0.1) is 67.9 Å². The Labute approximate surface area is 556 Å². The molecule has 6 amide bonds. The van der Waals surface area contributed by atoms with Crippen molar-refractivity contribution in [2.45, 2.75) is 121 Å². The first-order chi connectivity index (χ1) is 45.5. The quantitative estimate of drug-likeness (QED) is 0.00852. The molecule has 3 aliphatic rings. The number of carbonyl (C=O) groups is 7. The number of likely N-dealkylation sites (N-methyl/N-ethyl adjacent to an activating group) is 1. The van der Waals surface area contributed by atoms with Crippen LogP contribution < -0.4 is 37.9 Å². The van der Waals surface area contributed by atoms with Gasteiger partial charge in [0.15, 0.2) is 0 Å². The summed E-state index contributed by atoms with van der Waals surface area (Å²) < 4.78 is 56.0. The number of ether oxygens (including phenoxy) is 5. The third-order valence-electron chi connectivity index (χ3n) is 17.0. The molecular formula is C66H85N12O15S2+. The van der Waals surface area contributed by atoms with Crippen molar-refractivity contribution in [1.29, 1.82) is 0 Å². The van der Waals surface area contributed by atoms with Crippen molar-refractivity contribution in [3.8, 4) is 23.2 Å². The van der Waals surface area contributed by atoms with Gasteiger partial charge < -0.3 is 65.1 Å². The molecule has 510 valence electrons. The number of nitrogens with two attached hydrogens (primary N) is 1. The number of likely N-dealkylation sites (tertiary alicyclic amines) is 1. The van der Waals surface area contributed by atoms with E-state index in [1.165, 1.54) is 12.4 Å². The molecule has 95 heavy (non-hydrogen) atoms. The minimum atomic E-state index is -3.48. The predicted octanol–water partition coefficient (Wildman–Crippen LogP) is 4.38. The fraction of sp³-hybridized carbons (Fsp3) is 0.500. The summed E-state index contributed by atoms with van der Waals surface area (Å²) >= 11 is 1.67. The van der Waals surface area contributed by atoms with Gasteiger partial charge in [-0.05, 0) is 93.5 Å². The number of fused-ring (bicyclic) bond motifs is 5. The first kappa shape index (κ1) is 72.3. The van der Waals surface area contributed by atoms with Crippen molar-refractivity contribution < 1.29 is 70.1 Å². The molecule has 29 heteroatoms. The van der Waals surface area contributed by atoms with Gasteiger partial charge in [-0.25, -0.2) is 42.1 Å². The third kappa shape index (κ3) is 19.8. The van der Waals surface area contributed by atoms with E-state index < -0.39 is 70.6 Å². The summed E-state index contributed by atoms with van der Waals surface area (Å²) in [4.78, 5) is 118. The minimum Gasteiger partial charge on any atom is -0.457 e. The van der Waals surface area contributed by atoms with Crippen molar-refractivity contribution in [3.05, 3.63) is 111 Å². The Bertz CT molecular complexity index is 3830. The van der Waals surface area contributed by atoms with Gasteiger partial charge >= 0.3 is 18.2 Å². The number of aromatic nitrogens is 4. The molecule has 1 fully saturated rings. The average molecular weight is 1350 g/mol. The van der Waals surface area contributed by atoms with Gasteiger partial charge in [0.1, 0.15) is 39.0 Å². The number of anilines is 1. The number of primary amides is 1. The van der Waals surface area contributed by atoms with E-state index in [0.717, 1.165) is 71.8 Å². The third-order valence-corrected chi connectivity index (χ3v) is 18.9. The molecule has 3 aliphatic heterocycles. The van der Waals surface area contributed by atoms with Gasteiger partial charge in [-0.3, -0.25) is 24.0 Å². The molecule has 0 spiro atoms. The number of urea groups is 1. The molecule has 2 aromatic carbocycles. The number of benzene rings is 2. The number of hydrogen-bond donors (Lipinski definition) is 6. The Balaban J connectivity index is 0.739. The van der Waals surface area contributed by atoms with Crippen LogP contribution in [-0.4, -0.2) is 182 Å². The zero-order chi connectivity index (χ0) is 68.3. The SMILES string of the molecule is CC[C@@]1(OC(=O)OCc2ccc(NC(=O)[C@H](CCCNC(N)=O)NC(=O)COCC(=O)NCCOCC[N+]3(C)CCC(CNC(=O)CCCC#Cc4cnc(S(C)(=O)=O)nc4)CC3)cc2)C(=O)OCc2c1cc1n(c2=O)Cc2c-1nc1ccccc1c2CCN(SC)C(C)C. The highest BCUT2D eigenvalue weighted by Crippen LogP contribution is 2.42. The summed E-state index contributed by atoms with van der Waals surface area (Å²) in [6, 6.07) is 14.3. The summed E-state index contributed by atoms with van der Waals surface area (Å²) in [7, 11) is -1.31. The number of carbonyl (C=O) groups excluding carboxylic acids is 7. The number of unbranched alkanes of at least 4 members (excludes halogenated alkanes) is 1. The maximum Gasteiger partial charge on any atom is 0.510 e. The van der Waals surface area contributed by atoms with Crippen LogP contribution in [0.25, 0.3) is 22.3 Å². The number of hydrogen-bond acceptors (Lipinski definition) is 20. The molecule has 27 nitrogen and oxygen atoms in total. The van der Waals surface area contributed by atoms with Crippen LogP contribution in [0.2, 0.25) is 0 Å². The largest absolute Gasteiger partial charge is 0.510 e.